The molecule has 7 nitrogen and oxygen atoms in total. The Morgan fingerprint density at radius 2 is 1.97 bits per heavy atom. The summed E-state index contributed by atoms with van der Waals surface area (Å²) in [5.41, 5.74) is -5.87. The lowest BCUT2D eigenvalue weighted by molar-refractivity contribution is -0.232. The largest absolute Gasteiger partial charge is 0.390 e. The summed E-state index contributed by atoms with van der Waals surface area (Å²) in [5.74, 6) is -1.81. The number of alkyl halides is 1. The van der Waals surface area contributed by atoms with Crippen LogP contribution in [-0.4, -0.2) is 75.8 Å². The van der Waals surface area contributed by atoms with Crippen LogP contribution in [-0.2, 0) is 19.1 Å². The topological polar surface area (TPSA) is 117 Å². The van der Waals surface area contributed by atoms with Crippen LogP contribution in [0.15, 0.2) is 11.6 Å². The number of hydrogen-bond acceptors (Lipinski definition) is 7. The monoisotopic (exact) mass is 466 g/mol. The molecular formula is C25H35FO7. The average Bonchev–Trinajstić information content (AvgIpc) is 3.46. The van der Waals surface area contributed by atoms with E-state index in [0.29, 0.717) is 25.9 Å². The van der Waals surface area contributed by atoms with Crippen molar-refractivity contribution in [3.8, 4) is 0 Å². The summed E-state index contributed by atoms with van der Waals surface area (Å²) in [4.78, 5) is 25.0. The molecule has 4 fully saturated rings. The number of rotatable bonds is 5. The Labute approximate surface area is 193 Å². The molecule has 1 aliphatic heterocycles. The number of ether oxygens (including phenoxy) is 2. The second-order valence-electron chi connectivity index (χ2n) is 11.7. The molecular weight excluding hydrogens is 431 g/mol. The van der Waals surface area contributed by atoms with E-state index < -0.39 is 64.1 Å². The van der Waals surface area contributed by atoms with Gasteiger partial charge in [0.15, 0.2) is 17.2 Å². The summed E-state index contributed by atoms with van der Waals surface area (Å²) in [6.45, 7) is 5.25. The molecule has 33 heavy (non-hydrogen) atoms. The minimum absolute atomic E-state index is 0.00676. The minimum atomic E-state index is -2.04. The number of hydrogen-bond donors (Lipinski definition) is 3. The van der Waals surface area contributed by atoms with Crippen LogP contribution >= 0.6 is 0 Å². The lowest BCUT2D eigenvalue weighted by Crippen LogP contribution is -2.70. The van der Waals surface area contributed by atoms with E-state index in [4.69, 9.17) is 9.47 Å². The molecule has 5 rings (SSSR count). The number of carbonyl (C=O) groups excluding carboxylic acids is 2. The number of carbonyl (C=O) groups is 2. The fraction of sp³-hybridized carbons (Fsp3) is 0.840. The van der Waals surface area contributed by atoms with E-state index >= 15 is 4.39 Å². The van der Waals surface area contributed by atoms with Crippen molar-refractivity contribution < 1.29 is 38.8 Å². The van der Waals surface area contributed by atoms with Gasteiger partial charge in [0, 0.05) is 23.2 Å². The fourth-order valence-electron chi connectivity index (χ4n) is 7.85. The summed E-state index contributed by atoms with van der Waals surface area (Å²) < 4.78 is 28.7. The first kappa shape index (κ1) is 23.5. The van der Waals surface area contributed by atoms with E-state index in [1.165, 1.54) is 0 Å². The number of Topliss-reactive ketones (excluding diaryl/α,β-unsaturated/α-hetero) is 1. The predicted octanol–water partition coefficient (Wildman–Crippen LogP) is 1.66. The third-order valence-corrected chi connectivity index (χ3v) is 10.0. The van der Waals surface area contributed by atoms with Gasteiger partial charge in [0.25, 0.3) is 0 Å². The first-order valence-electron chi connectivity index (χ1n) is 12.1. The normalized spacial score (nSPS) is 53.1. The highest BCUT2D eigenvalue weighted by Crippen LogP contribution is 2.70. The lowest BCUT2D eigenvalue weighted by atomic mass is 9.44. The standard InChI is InChI=1S/C25H35FO7/c1-21(13-33-21)12-32-20-9-17-16-5-4-14-8-15(28)6-7-22(14,2)24(16,26)18(29)10-23(17,3)25(20,31)19(30)11-27/h8,16-18,20,27,29,31H,4-7,9-13H2,1-3H3/t16-,17-,18?,20?,21?,22-,23-,24-,25+/m0/s1. The predicted molar refractivity (Wildman–Crippen MR) is 115 cm³/mol. The van der Waals surface area contributed by atoms with Gasteiger partial charge < -0.3 is 24.8 Å². The van der Waals surface area contributed by atoms with Crippen molar-refractivity contribution in [2.75, 3.05) is 19.8 Å². The van der Waals surface area contributed by atoms with Crippen molar-refractivity contribution in [3.05, 3.63) is 11.6 Å². The molecule has 3 unspecified atom stereocenters. The Kier molecular flexibility index (Phi) is 5.11. The van der Waals surface area contributed by atoms with E-state index in [1.54, 1.807) is 13.0 Å². The molecule has 0 spiro atoms. The molecule has 3 N–H and O–H groups in total. The zero-order chi connectivity index (χ0) is 24.0. The van der Waals surface area contributed by atoms with Crippen LogP contribution in [0.1, 0.15) is 59.3 Å². The minimum Gasteiger partial charge on any atom is -0.390 e. The zero-order valence-electron chi connectivity index (χ0n) is 19.6. The van der Waals surface area contributed by atoms with Gasteiger partial charge in [-0.25, -0.2) is 4.39 Å². The van der Waals surface area contributed by atoms with Gasteiger partial charge in [-0.1, -0.05) is 19.4 Å². The molecule has 0 aromatic heterocycles. The van der Waals surface area contributed by atoms with Crippen LogP contribution in [0.25, 0.3) is 0 Å². The Morgan fingerprint density at radius 3 is 2.61 bits per heavy atom. The molecule has 1 heterocycles. The number of allylic oxidation sites excluding steroid dienone is 1. The molecule has 5 aliphatic rings. The Hall–Kier alpha value is -1.19. The SMILES string of the molecule is CC1(COC2C[C@H]3[C@@H]4CCC5=CC(=O)CC[C@]5(C)[C@@]4(F)C(O)C[C@]3(C)[C@@]2(O)C(=O)CO)CO1. The van der Waals surface area contributed by atoms with Crippen molar-refractivity contribution in [2.24, 2.45) is 22.7 Å². The summed E-state index contributed by atoms with van der Waals surface area (Å²) in [6, 6.07) is 0. The molecule has 9 atom stereocenters. The van der Waals surface area contributed by atoms with Crippen LogP contribution in [0.2, 0.25) is 0 Å². The first-order chi connectivity index (χ1) is 15.4. The van der Waals surface area contributed by atoms with E-state index in [0.717, 1.165) is 5.57 Å². The second-order valence-corrected chi connectivity index (χ2v) is 11.7. The molecule has 0 aromatic rings. The van der Waals surface area contributed by atoms with Gasteiger partial charge in [-0.05, 0) is 51.0 Å². The van der Waals surface area contributed by atoms with Gasteiger partial charge in [-0.2, -0.15) is 0 Å². The van der Waals surface area contributed by atoms with Gasteiger partial charge in [0.2, 0.25) is 0 Å². The molecule has 3 saturated carbocycles. The maximum absolute atomic E-state index is 17.2. The van der Waals surface area contributed by atoms with E-state index in [-0.39, 0.29) is 31.7 Å². The maximum Gasteiger partial charge on any atom is 0.192 e. The number of halogens is 1. The maximum atomic E-state index is 17.2. The molecule has 0 bridgehead atoms. The van der Waals surface area contributed by atoms with E-state index in [9.17, 15) is 24.9 Å². The first-order valence-corrected chi connectivity index (χ1v) is 12.1. The number of aliphatic hydroxyl groups excluding tert-OH is 2. The van der Waals surface area contributed by atoms with Crippen molar-refractivity contribution in [2.45, 2.75) is 88.4 Å². The summed E-state index contributed by atoms with van der Waals surface area (Å²) in [7, 11) is 0. The van der Waals surface area contributed by atoms with Crippen LogP contribution in [0.5, 0.6) is 0 Å². The zero-order valence-corrected chi connectivity index (χ0v) is 19.6. The Balaban J connectivity index is 1.56. The molecule has 4 aliphatic carbocycles. The summed E-state index contributed by atoms with van der Waals surface area (Å²) in [6.07, 6.45) is 0.867. The van der Waals surface area contributed by atoms with Gasteiger partial charge in [0.05, 0.1) is 25.4 Å². The fourth-order valence-corrected chi connectivity index (χ4v) is 7.85. The van der Waals surface area contributed by atoms with Gasteiger partial charge in [-0.3, -0.25) is 9.59 Å². The second kappa shape index (κ2) is 7.17. The van der Waals surface area contributed by atoms with Crippen molar-refractivity contribution >= 4 is 11.6 Å². The molecule has 184 valence electrons. The third kappa shape index (κ3) is 2.91. The van der Waals surface area contributed by atoms with E-state index in [2.05, 4.69) is 0 Å². The Bertz CT molecular complexity index is 914. The molecule has 1 saturated heterocycles. The summed E-state index contributed by atoms with van der Waals surface area (Å²) in [5, 5.41) is 32.9. The molecule has 0 aromatic carbocycles. The van der Waals surface area contributed by atoms with Crippen LogP contribution in [0, 0.1) is 22.7 Å². The quantitative estimate of drug-likeness (QED) is 0.528. The molecule has 8 heteroatoms. The van der Waals surface area contributed by atoms with Crippen LogP contribution < -0.4 is 0 Å². The van der Waals surface area contributed by atoms with Gasteiger partial charge >= 0.3 is 0 Å². The van der Waals surface area contributed by atoms with Crippen LogP contribution in [0.4, 0.5) is 4.39 Å². The van der Waals surface area contributed by atoms with Gasteiger partial charge in [-0.15, -0.1) is 0 Å². The third-order valence-electron chi connectivity index (χ3n) is 10.0. The van der Waals surface area contributed by atoms with Crippen molar-refractivity contribution in [3.63, 3.8) is 0 Å². The average molecular weight is 467 g/mol. The number of ketones is 2. The highest BCUT2D eigenvalue weighted by Gasteiger charge is 2.76. The Morgan fingerprint density at radius 1 is 1.27 bits per heavy atom. The smallest absolute Gasteiger partial charge is 0.192 e. The van der Waals surface area contributed by atoms with Crippen molar-refractivity contribution in [1.29, 1.82) is 0 Å². The van der Waals surface area contributed by atoms with E-state index in [1.807, 2.05) is 13.8 Å². The number of fused-ring (bicyclic) bond motifs is 5. The highest BCUT2D eigenvalue weighted by atomic mass is 19.1. The number of epoxide rings is 1. The van der Waals surface area contributed by atoms with Crippen molar-refractivity contribution in [1.82, 2.24) is 0 Å². The van der Waals surface area contributed by atoms with Crippen LogP contribution in [0.3, 0.4) is 0 Å². The highest BCUT2D eigenvalue weighted by molar-refractivity contribution is 5.92. The van der Waals surface area contributed by atoms with Gasteiger partial charge in [0.1, 0.15) is 17.9 Å². The lowest BCUT2D eigenvalue weighted by Gasteiger charge is -2.63. The summed E-state index contributed by atoms with van der Waals surface area (Å²) >= 11 is 0. The number of aliphatic hydroxyl groups is 3. The molecule has 0 radical (unpaired) electrons. The molecule has 0 amide bonds.